The maximum absolute atomic E-state index is 14.1. The van der Waals surface area contributed by atoms with Crippen molar-refractivity contribution in [1.29, 1.82) is 0 Å². The molecule has 12 heteroatoms. The second-order valence-corrected chi connectivity index (χ2v) is 12.2. The first-order valence-corrected chi connectivity index (χ1v) is 14.9. The largest absolute Gasteiger partial charge is 0.455 e. The summed E-state index contributed by atoms with van der Waals surface area (Å²) in [5, 5.41) is 3.11. The molecule has 6 rings (SSSR count). The number of pyridine rings is 1. The number of furan rings is 1. The Kier molecular flexibility index (Phi) is 6.73. The Morgan fingerprint density at radius 3 is 2.35 bits per heavy atom. The molecule has 218 valence electrons. The van der Waals surface area contributed by atoms with E-state index in [0.717, 1.165) is 22.2 Å². The van der Waals surface area contributed by atoms with Gasteiger partial charge in [0.15, 0.2) is 0 Å². The van der Waals surface area contributed by atoms with E-state index >= 15 is 0 Å². The number of hydrogen-bond donors (Lipinski definition) is 1. The number of amides is 1. The highest BCUT2D eigenvalue weighted by Gasteiger charge is 2.26. The highest BCUT2D eigenvalue weighted by Crippen LogP contribution is 2.41. The lowest BCUT2D eigenvalue weighted by atomic mass is 10.00. The molecule has 0 aliphatic carbocycles. The fraction of sp³-hybridized carbons (Fsp3) is 0.129. The van der Waals surface area contributed by atoms with E-state index in [0.29, 0.717) is 44.6 Å². The van der Waals surface area contributed by atoms with Crippen LogP contribution < -0.4 is 9.62 Å². The van der Waals surface area contributed by atoms with Gasteiger partial charge < -0.3 is 9.73 Å². The van der Waals surface area contributed by atoms with E-state index in [1.54, 1.807) is 18.2 Å². The SMILES string of the molecule is CNC(=O)c1c(-c2ccc(C)cc2)oc2cc(N(C)S(C)(=O)=O)c(-c3cc4c(cn3)ncn4-c3cc(F)cc(F)c3)cc12. The molecular weight excluding hydrogens is 576 g/mol. The minimum absolute atomic E-state index is 0.209. The second kappa shape index (κ2) is 10.3. The van der Waals surface area contributed by atoms with Crippen LogP contribution in [0.25, 0.3) is 50.3 Å². The number of aromatic nitrogens is 3. The van der Waals surface area contributed by atoms with Gasteiger partial charge in [-0.05, 0) is 31.2 Å². The van der Waals surface area contributed by atoms with Gasteiger partial charge in [0.25, 0.3) is 5.91 Å². The molecule has 0 fully saturated rings. The highest BCUT2D eigenvalue weighted by molar-refractivity contribution is 7.92. The molecule has 3 aromatic heterocycles. The van der Waals surface area contributed by atoms with Crippen molar-refractivity contribution in [2.45, 2.75) is 6.92 Å². The number of hydrogen-bond acceptors (Lipinski definition) is 6. The van der Waals surface area contributed by atoms with Gasteiger partial charge in [0.2, 0.25) is 10.0 Å². The standard InChI is InChI=1S/C31H25F2N5O4S/c1-17-5-7-18(8-6-17)30-29(31(39)34-2)23-12-22(26(14-28(23)42-30)37(3)43(4,40)41)24-13-27-25(15-35-24)36-16-38(27)21-10-19(32)9-20(33)11-21/h5-16H,1-4H3,(H,34,39). The molecule has 0 bridgehead atoms. The Morgan fingerprint density at radius 1 is 1.00 bits per heavy atom. The number of carbonyl (C=O) groups excluding carboxylic acids is 1. The zero-order valence-corrected chi connectivity index (χ0v) is 24.3. The molecule has 0 radical (unpaired) electrons. The summed E-state index contributed by atoms with van der Waals surface area (Å²) in [6.07, 6.45) is 3.98. The second-order valence-electron chi connectivity index (χ2n) is 10.1. The highest BCUT2D eigenvalue weighted by atomic mass is 32.2. The number of fused-ring (bicyclic) bond motifs is 2. The van der Waals surface area contributed by atoms with Crippen molar-refractivity contribution in [3.63, 3.8) is 0 Å². The van der Waals surface area contributed by atoms with Gasteiger partial charge in [0.1, 0.15) is 34.8 Å². The minimum Gasteiger partial charge on any atom is -0.455 e. The normalized spacial score (nSPS) is 11.8. The predicted molar refractivity (Wildman–Crippen MR) is 161 cm³/mol. The fourth-order valence-electron chi connectivity index (χ4n) is 4.98. The Balaban J connectivity index is 1.64. The molecule has 43 heavy (non-hydrogen) atoms. The van der Waals surface area contributed by atoms with Gasteiger partial charge in [-0.25, -0.2) is 22.2 Å². The molecule has 0 saturated heterocycles. The first-order valence-electron chi connectivity index (χ1n) is 13.1. The number of anilines is 1. The number of imidazole rings is 1. The molecule has 0 unspecified atom stereocenters. The lowest BCUT2D eigenvalue weighted by Gasteiger charge is -2.20. The summed E-state index contributed by atoms with van der Waals surface area (Å²) >= 11 is 0. The molecule has 3 heterocycles. The Hall–Kier alpha value is -5.10. The van der Waals surface area contributed by atoms with Gasteiger partial charge >= 0.3 is 0 Å². The van der Waals surface area contributed by atoms with Crippen LogP contribution in [0, 0.1) is 18.6 Å². The van der Waals surface area contributed by atoms with Crippen LogP contribution in [0.2, 0.25) is 0 Å². The van der Waals surface area contributed by atoms with Crippen LogP contribution in [0.4, 0.5) is 14.5 Å². The summed E-state index contributed by atoms with van der Waals surface area (Å²) in [4.78, 5) is 22.1. The smallest absolute Gasteiger partial charge is 0.255 e. The number of carbonyl (C=O) groups is 1. The van der Waals surface area contributed by atoms with Crippen molar-refractivity contribution in [3.8, 4) is 28.3 Å². The van der Waals surface area contributed by atoms with Crippen molar-refractivity contribution in [1.82, 2.24) is 19.9 Å². The van der Waals surface area contributed by atoms with Crippen LogP contribution in [0.1, 0.15) is 15.9 Å². The van der Waals surface area contributed by atoms with Crippen molar-refractivity contribution in [2.75, 3.05) is 24.7 Å². The van der Waals surface area contributed by atoms with Crippen LogP contribution in [0.3, 0.4) is 0 Å². The molecule has 0 aliphatic rings. The maximum atomic E-state index is 14.1. The number of halogens is 2. The zero-order chi connectivity index (χ0) is 30.6. The summed E-state index contributed by atoms with van der Waals surface area (Å²) in [6.45, 7) is 1.95. The van der Waals surface area contributed by atoms with Crippen LogP contribution >= 0.6 is 0 Å². The maximum Gasteiger partial charge on any atom is 0.255 e. The monoisotopic (exact) mass is 601 g/mol. The van der Waals surface area contributed by atoms with Gasteiger partial charge in [-0.15, -0.1) is 0 Å². The lowest BCUT2D eigenvalue weighted by Crippen LogP contribution is -2.25. The average molecular weight is 602 g/mol. The molecule has 1 N–H and O–H groups in total. The molecular formula is C31H25F2N5O4S. The minimum atomic E-state index is -3.74. The quantitative estimate of drug-likeness (QED) is 0.257. The first kappa shape index (κ1) is 28.0. The summed E-state index contributed by atoms with van der Waals surface area (Å²) in [5.41, 5.74) is 4.36. The van der Waals surface area contributed by atoms with E-state index in [1.165, 1.54) is 43.3 Å². The molecule has 3 aromatic carbocycles. The molecule has 1 amide bonds. The average Bonchev–Trinajstić information content (AvgIpc) is 3.56. The molecule has 0 spiro atoms. The predicted octanol–water partition coefficient (Wildman–Crippen LogP) is 5.84. The van der Waals surface area contributed by atoms with Crippen molar-refractivity contribution in [3.05, 3.63) is 95.9 Å². The van der Waals surface area contributed by atoms with E-state index in [4.69, 9.17) is 4.42 Å². The van der Waals surface area contributed by atoms with Crippen molar-refractivity contribution in [2.24, 2.45) is 0 Å². The molecule has 0 atom stereocenters. The van der Waals surface area contributed by atoms with Gasteiger partial charge in [-0.1, -0.05) is 29.8 Å². The van der Waals surface area contributed by atoms with Crippen molar-refractivity contribution < 1.29 is 26.4 Å². The number of rotatable bonds is 6. The number of nitrogens with zero attached hydrogens (tertiary/aromatic N) is 4. The molecule has 0 aliphatic heterocycles. The third kappa shape index (κ3) is 4.99. The summed E-state index contributed by atoms with van der Waals surface area (Å²) in [6, 6.07) is 15.5. The van der Waals surface area contributed by atoms with Gasteiger partial charge in [0, 0.05) is 42.7 Å². The van der Waals surface area contributed by atoms with Crippen LogP contribution in [0.5, 0.6) is 0 Å². The number of nitrogens with one attached hydrogen (secondary N) is 1. The topological polar surface area (TPSA) is 110 Å². The van der Waals surface area contributed by atoms with E-state index in [2.05, 4.69) is 15.3 Å². The van der Waals surface area contributed by atoms with E-state index < -0.39 is 21.7 Å². The van der Waals surface area contributed by atoms with E-state index in [9.17, 15) is 22.0 Å². The van der Waals surface area contributed by atoms with Crippen LogP contribution in [-0.4, -0.2) is 49.2 Å². The summed E-state index contributed by atoms with van der Waals surface area (Å²) in [5.74, 6) is -1.56. The van der Waals surface area contributed by atoms with Crippen molar-refractivity contribution >= 4 is 43.6 Å². The van der Waals surface area contributed by atoms with E-state index in [-0.39, 0.29) is 22.8 Å². The third-order valence-electron chi connectivity index (χ3n) is 7.25. The summed E-state index contributed by atoms with van der Waals surface area (Å²) < 4.78 is 62.4. The zero-order valence-electron chi connectivity index (χ0n) is 23.5. The van der Waals surface area contributed by atoms with Gasteiger partial charge in [0.05, 0.1) is 40.6 Å². The van der Waals surface area contributed by atoms with E-state index in [1.807, 2.05) is 31.2 Å². The Bertz CT molecular complexity index is 2150. The van der Waals surface area contributed by atoms with Gasteiger partial charge in [-0.3, -0.25) is 18.7 Å². The first-order chi connectivity index (χ1) is 20.4. The summed E-state index contributed by atoms with van der Waals surface area (Å²) in [7, 11) is -0.828. The van der Waals surface area contributed by atoms with Crippen LogP contribution in [0.15, 0.2) is 77.6 Å². The Morgan fingerprint density at radius 2 is 1.70 bits per heavy atom. The molecule has 6 aromatic rings. The molecule has 9 nitrogen and oxygen atoms in total. The number of aryl methyl sites for hydroxylation is 1. The number of benzene rings is 3. The lowest BCUT2D eigenvalue weighted by molar-refractivity contribution is 0.0964. The molecule has 0 saturated carbocycles. The Labute approximate surface area is 245 Å². The fourth-order valence-corrected chi connectivity index (χ4v) is 5.49. The van der Waals surface area contributed by atoms with Gasteiger partial charge in [-0.2, -0.15) is 0 Å². The van der Waals surface area contributed by atoms with Crippen LogP contribution in [-0.2, 0) is 10.0 Å². The number of sulfonamides is 1. The third-order valence-corrected chi connectivity index (χ3v) is 8.44.